The van der Waals surface area contributed by atoms with Gasteiger partial charge in [-0.25, -0.2) is 8.42 Å². The van der Waals surface area contributed by atoms with Crippen LogP contribution in [0.1, 0.15) is 35.2 Å². The number of Topliss-reactive ketones (excluding diaryl/α,β-unsaturated/α-hetero) is 1. The van der Waals surface area contributed by atoms with Crippen LogP contribution in [0.3, 0.4) is 0 Å². The van der Waals surface area contributed by atoms with E-state index in [-0.39, 0.29) is 10.7 Å². The second-order valence-corrected chi connectivity index (χ2v) is 13.0. The molecule has 2 aliphatic heterocycles. The first-order valence-electron chi connectivity index (χ1n) is 13.5. The lowest BCUT2D eigenvalue weighted by Gasteiger charge is -2.24. The van der Waals surface area contributed by atoms with Gasteiger partial charge in [-0.2, -0.15) is 4.98 Å². The van der Waals surface area contributed by atoms with Crippen molar-refractivity contribution >= 4 is 44.1 Å². The first-order valence-corrected chi connectivity index (χ1v) is 15.4. The Hall–Kier alpha value is -3.69. The van der Waals surface area contributed by atoms with Gasteiger partial charge in [-0.05, 0) is 67.1 Å². The number of nitrogens with zero attached hydrogens (tertiary/aromatic N) is 2. The SMILES string of the molecule is CS(=O)(=O)c1cc(Nc2nc3cccc(-c4ccc5c(c4)CCC5=O)c3o2)cc(N2CC3CCCNC3C2)c1. The fourth-order valence-corrected chi connectivity index (χ4v) is 6.96. The summed E-state index contributed by atoms with van der Waals surface area (Å²) in [5, 5.41) is 6.84. The number of oxazole rings is 1. The Morgan fingerprint density at radius 2 is 1.95 bits per heavy atom. The van der Waals surface area contributed by atoms with E-state index in [4.69, 9.17) is 4.42 Å². The van der Waals surface area contributed by atoms with Gasteiger partial charge in [0.1, 0.15) is 5.52 Å². The third-order valence-corrected chi connectivity index (χ3v) is 9.38. The van der Waals surface area contributed by atoms with E-state index in [1.54, 1.807) is 12.1 Å². The zero-order chi connectivity index (χ0) is 26.7. The Morgan fingerprint density at radius 3 is 2.79 bits per heavy atom. The van der Waals surface area contributed by atoms with Crippen molar-refractivity contribution in [3.63, 3.8) is 0 Å². The Bertz CT molecular complexity index is 1710. The maximum absolute atomic E-state index is 12.6. The lowest BCUT2D eigenvalue weighted by Crippen LogP contribution is -2.40. The monoisotopic (exact) mass is 542 g/mol. The van der Waals surface area contributed by atoms with E-state index in [0.717, 1.165) is 54.0 Å². The van der Waals surface area contributed by atoms with Crippen molar-refractivity contribution in [3.8, 4) is 11.1 Å². The summed E-state index contributed by atoms with van der Waals surface area (Å²) in [7, 11) is -3.43. The van der Waals surface area contributed by atoms with Gasteiger partial charge in [0.25, 0.3) is 6.01 Å². The van der Waals surface area contributed by atoms with Crippen LogP contribution in [0, 0.1) is 5.92 Å². The first kappa shape index (κ1) is 24.4. The minimum absolute atomic E-state index is 0.195. The molecule has 2 atom stereocenters. The van der Waals surface area contributed by atoms with E-state index in [1.807, 2.05) is 36.4 Å². The number of hydrogen-bond donors (Lipinski definition) is 2. The number of sulfone groups is 1. The van der Waals surface area contributed by atoms with E-state index < -0.39 is 9.84 Å². The highest BCUT2D eigenvalue weighted by Gasteiger charge is 2.34. The molecule has 2 fully saturated rings. The number of fused-ring (bicyclic) bond motifs is 3. The summed E-state index contributed by atoms with van der Waals surface area (Å²) in [5.41, 5.74) is 6.56. The highest BCUT2D eigenvalue weighted by Crippen LogP contribution is 2.36. The molecule has 2 unspecified atom stereocenters. The van der Waals surface area contributed by atoms with Crippen LogP contribution in [0.4, 0.5) is 17.4 Å². The van der Waals surface area contributed by atoms with Gasteiger partial charge in [-0.1, -0.05) is 30.3 Å². The molecule has 0 saturated carbocycles. The van der Waals surface area contributed by atoms with Crippen molar-refractivity contribution in [2.45, 2.75) is 36.6 Å². The van der Waals surface area contributed by atoms with Crippen molar-refractivity contribution in [3.05, 3.63) is 65.7 Å². The van der Waals surface area contributed by atoms with Crippen molar-refractivity contribution in [1.29, 1.82) is 0 Å². The lowest BCUT2D eigenvalue weighted by molar-refractivity contribution is 0.0994. The molecule has 0 spiro atoms. The topological polar surface area (TPSA) is 105 Å². The minimum atomic E-state index is -3.43. The number of aryl methyl sites for hydroxylation is 1. The van der Waals surface area contributed by atoms with Gasteiger partial charge >= 0.3 is 0 Å². The molecule has 1 aliphatic carbocycles. The third-order valence-electron chi connectivity index (χ3n) is 8.29. The molecular formula is C30H30N4O4S. The summed E-state index contributed by atoms with van der Waals surface area (Å²) in [6, 6.07) is 17.8. The van der Waals surface area contributed by atoms with E-state index >= 15 is 0 Å². The molecule has 9 heteroatoms. The summed E-state index contributed by atoms with van der Waals surface area (Å²) in [6.45, 7) is 2.80. The van der Waals surface area contributed by atoms with Crippen LogP contribution in [-0.4, -0.2) is 51.1 Å². The van der Waals surface area contributed by atoms with Crippen LogP contribution in [-0.2, 0) is 16.3 Å². The van der Waals surface area contributed by atoms with Gasteiger partial charge in [0.15, 0.2) is 21.2 Å². The number of carbonyl (C=O) groups excluding carboxylic acids is 1. The summed E-state index contributed by atoms with van der Waals surface area (Å²) in [4.78, 5) is 19.3. The number of carbonyl (C=O) groups is 1. The number of piperidine rings is 1. The van der Waals surface area contributed by atoms with Crippen LogP contribution < -0.4 is 15.5 Å². The van der Waals surface area contributed by atoms with E-state index in [1.165, 1.54) is 19.1 Å². The summed E-state index contributed by atoms with van der Waals surface area (Å²) in [5.74, 6) is 0.769. The van der Waals surface area contributed by atoms with Crippen molar-refractivity contribution in [2.24, 2.45) is 5.92 Å². The fourth-order valence-electron chi connectivity index (χ4n) is 6.29. The quantitative estimate of drug-likeness (QED) is 0.365. The van der Waals surface area contributed by atoms with E-state index in [2.05, 4.69) is 26.6 Å². The van der Waals surface area contributed by atoms with Crippen LogP contribution >= 0.6 is 0 Å². The number of aromatic nitrogens is 1. The standard InChI is InChI=1S/C30H30N4O4S/c1-39(36,37)23-14-21(13-22(15-23)34-16-20-4-3-11-31-27(20)17-34)32-30-33-26-6-2-5-25(29(26)38-30)19-7-9-24-18(12-19)8-10-28(24)35/h2,5-7,9,12-15,20,27,31H,3-4,8,10-11,16-17H2,1H3,(H,32,33). The second kappa shape index (κ2) is 9.20. The third kappa shape index (κ3) is 4.49. The Kier molecular flexibility index (Phi) is 5.75. The summed E-state index contributed by atoms with van der Waals surface area (Å²) < 4.78 is 31.4. The molecular weight excluding hydrogens is 512 g/mol. The summed E-state index contributed by atoms with van der Waals surface area (Å²) in [6.07, 6.45) is 4.92. The van der Waals surface area contributed by atoms with Crippen molar-refractivity contribution in [1.82, 2.24) is 10.3 Å². The smallest absolute Gasteiger partial charge is 0.300 e. The van der Waals surface area contributed by atoms with Gasteiger partial charge in [0.05, 0.1) is 4.90 Å². The molecule has 39 heavy (non-hydrogen) atoms. The second-order valence-electron chi connectivity index (χ2n) is 10.9. The summed E-state index contributed by atoms with van der Waals surface area (Å²) >= 11 is 0. The molecule has 2 N–H and O–H groups in total. The van der Waals surface area contributed by atoms with Gasteiger partial charge < -0.3 is 20.0 Å². The van der Waals surface area contributed by atoms with Crippen molar-refractivity contribution < 1.29 is 17.6 Å². The Balaban J connectivity index is 1.23. The molecule has 0 bridgehead atoms. The Labute approximate surface area is 227 Å². The average molecular weight is 543 g/mol. The zero-order valence-corrected chi connectivity index (χ0v) is 22.6. The predicted octanol–water partition coefficient (Wildman–Crippen LogP) is 4.96. The average Bonchev–Trinajstić information content (AvgIpc) is 3.64. The largest absolute Gasteiger partial charge is 0.423 e. The number of benzene rings is 3. The van der Waals surface area contributed by atoms with Crippen LogP contribution in [0.25, 0.3) is 22.2 Å². The number of anilines is 3. The van der Waals surface area contributed by atoms with Gasteiger partial charge in [-0.15, -0.1) is 0 Å². The number of para-hydroxylation sites is 1. The predicted molar refractivity (Wildman–Crippen MR) is 152 cm³/mol. The normalized spacial score (nSPS) is 20.8. The maximum atomic E-state index is 12.6. The molecule has 8 nitrogen and oxygen atoms in total. The highest BCUT2D eigenvalue weighted by molar-refractivity contribution is 7.90. The molecule has 0 radical (unpaired) electrons. The van der Waals surface area contributed by atoms with E-state index in [0.29, 0.717) is 41.2 Å². The highest BCUT2D eigenvalue weighted by atomic mass is 32.2. The molecule has 0 amide bonds. The van der Waals surface area contributed by atoms with Gasteiger partial charge in [-0.3, -0.25) is 4.79 Å². The molecule has 2 saturated heterocycles. The van der Waals surface area contributed by atoms with E-state index in [9.17, 15) is 13.2 Å². The van der Waals surface area contributed by atoms with Crippen LogP contribution in [0.5, 0.6) is 0 Å². The van der Waals surface area contributed by atoms with Crippen LogP contribution in [0.2, 0.25) is 0 Å². The number of rotatable bonds is 5. The zero-order valence-electron chi connectivity index (χ0n) is 21.7. The molecule has 3 heterocycles. The maximum Gasteiger partial charge on any atom is 0.300 e. The van der Waals surface area contributed by atoms with Crippen molar-refractivity contribution in [2.75, 3.05) is 36.1 Å². The fraction of sp³-hybridized carbons (Fsp3) is 0.333. The van der Waals surface area contributed by atoms with Gasteiger partial charge in [0.2, 0.25) is 0 Å². The molecule has 1 aromatic heterocycles. The first-order chi connectivity index (χ1) is 18.8. The molecule has 200 valence electrons. The number of hydrogen-bond acceptors (Lipinski definition) is 8. The van der Waals surface area contributed by atoms with Crippen LogP contribution in [0.15, 0.2) is 63.9 Å². The Morgan fingerprint density at radius 1 is 1.05 bits per heavy atom. The molecule has 3 aromatic carbocycles. The minimum Gasteiger partial charge on any atom is -0.423 e. The number of ketones is 1. The molecule has 3 aliphatic rings. The lowest BCUT2D eigenvalue weighted by atomic mass is 9.94. The molecule has 4 aromatic rings. The number of nitrogens with one attached hydrogen (secondary N) is 2. The van der Waals surface area contributed by atoms with Gasteiger partial charge in [0, 0.05) is 54.3 Å². The molecule has 7 rings (SSSR count).